The Hall–Kier alpha value is -1.57. The predicted molar refractivity (Wildman–Crippen MR) is 109 cm³/mol. The third-order valence-corrected chi connectivity index (χ3v) is 5.60. The average molecular weight is 357 g/mol. The van der Waals surface area contributed by atoms with Crippen molar-refractivity contribution >= 4 is 5.97 Å². The van der Waals surface area contributed by atoms with Gasteiger partial charge in [-0.25, -0.2) is 0 Å². The van der Waals surface area contributed by atoms with Gasteiger partial charge in [-0.3, -0.25) is 4.79 Å². The third-order valence-electron chi connectivity index (χ3n) is 5.60. The summed E-state index contributed by atoms with van der Waals surface area (Å²) in [7, 11) is 0. The summed E-state index contributed by atoms with van der Waals surface area (Å²) < 4.78 is 5.44. The molecule has 0 heterocycles. The number of carbonyl (C=O) groups is 1. The quantitative estimate of drug-likeness (QED) is 0.183. The summed E-state index contributed by atoms with van der Waals surface area (Å²) in [5, 5.41) is 0. The smallest absolute Gasteiger partial charge is 0.311 e. The van der Waals surface area contributed by atoms with Crippen LogP contribution < -0.4 is 4.74 Å². The van der Waals surface area contributed by atoms with E-state index in [0.29, 0.717) is 18.1 Å². The van der Waals surface area contributed by atoms with Gasteiger partial charge in [0.1, 0.15) is 5.75 Å². The van der Waals surface area contributed by atoms with Gasteiger partial charge in [0, 0.05) is 6.42 Å². The van der Waals surface area contributed by atoms with E-state index in [1.807, 2.05) is 30.3 Å². The lowest BCUT2D eigenvalue weighted by atomic mass is 9.79. The molecule has 0 spiro atoms. The normalized spacial score (nSPS) is 18.2. The number of hydrogen-bond donors (Lipinski definition) is 0. The van der Waals surface area contributed by atoms with Crippen LogP contribution >= 0.6 is 0 Å². The topological polar surface area (TPSA) is 26.3 Å². The van der Waals surface area contributed by atoms with Crippen LogP contribution in [0.1, 0.15) is 84.5 Å². The molecule has 0 aliphatic heterocycles. The molecule has 2 atom stereocenters. The molecule has 0 amide bonds. The molecule has 2 nitrogen and oxygen atoms in total. The number of unbranched alkanes of at least 4 members (excludes halogenated alkanes) is 2. The molecule has 0 saturated heterocycles. The highest BCUT2D eigenvalue weighted by Crippen LogP contribution is 2.34. The second kappa shape index (κ2) is 11.9. The molecular weight excluding hydrogens is 320 g/mol. The number of para-hydroxylation sites is 1. The number of rotatable bonds is 11. The summed E-state index contributed by atoms with van der Waals surface area (Å²) in [6.07, 6.45) is 15.6. The molecule has 1 aliphatic rings. The first-order chi connectivity index (χ1) is 12.7. The Kier molecular flexibility index (Phi) is 9.52. The summed E-state index contributed by atoms with van der Waals surface area (Å²) in [5.74, 6) is 1.98. The Morgan fingerprint density at radius 2 is 1.92 bits per heavy atom. The highest BCUT2D eigenvalue weighted by atomic mass is 16.5. The number of benzene rings is 1. The predicted octanol–water partition coefficient (Wildman–Crippen LogP) is 7.10. The van der Waals surface area contributed by atoms with E-state index in [9.17, 15) is 4.79 Å². The van der Waals surface area contributed by atoms with Gasteiger partial charge in [0.25, 0.3) is 0 Å². The summed E-state index contributed by atoms with van der Waals surface area (Å²) in [6.45, 7) is 4.52. The average Bonchev–Trinajstić information content (AvgIpc) is 2.67. The van der Waals surface area contributed by atoms with Crippen molar-refractivity contribution < 1.29 is 9.53 Å². The zero-order valence-electron chi connectivity index (χ0n) is 16.7. The molecular formula is C24H36O2. The van der Waals surface area contributed by atoms with E-state index in [-0.39, 0.29) is 5.97 Å². The van der Waals surface area contributed by atoms with Crippen molar-refractivity contribution in [2.24, 2.45) is 11.8 Å². The lowest BCUT2D eigenvalue weighted by Gasteiger charge is -2.27. The van der Waals surface area contributed by atoms with Crippen LogP contribution in [0.3, 0.4) is 0 Å². The summed E-state index contributed by atoms with van der Waals surface area (Å²) in [6, 6.07) is 9.39. The van der Waals surface area contributed by atoms with Crippen LogP contribution in [0, 0.1) is 11.8 Å². The SMILES string of the molecule is CCCCCC1CC=C(C(CCC)CCC(=O)Oc2ccccc2)CC1. The van der Waals surface area contributed by atoms with Crippen LogP contribution in [0.2, 0.25) is 0 Å². The highest BCUT2D eigenvalue weighted by molar-refractivity contribution is 5.72. The van der Waals surface area contributed by atoms with Gasteiger partial charge < -0.3 is 4.74 Å². The summed E-state index contributed by atoms with van der Waals surface area (Å²) >= 11 is 0. The zero-order valence-corrected chi connectivity index (χ0v) is 16.7. The van der Waals surface area contributed by atoms with Crippen LogP contribution in [-0.2, 0) is 4.79 Å². The van der Waals surface area contributed by atoms with Crippen LogP contribution in [0.5, 0.6) is 5.75 Å². The second-order valence-electron chi connectivity index (χ2n) is 7.73. The molecule has 0 N–H and O–H groups in total. The molecule has 2 heteroatoms. The van der Waals surface area contributed by atoms with Crippen LogP contribution in [0.25, 0.3) is 0 Å². The number of allylic oxidation sites excluding steroid dienone is 2. The second-order valence-corrected chi connectivity index (χ2v) is 7.73. The van der Waals surface area contributed by atoms with Crippen molar-refractivity contribution in [2.75, 3.05) is 0 Å². The number of esters is 1. The number of hydrogen-bond acceptors (Lipinski definition) is 2. The van der Waals surface area contributed by atoms with Gasteiger partial charge in [0.05, 0.1) is 0 Å². The lowest BCUT2D eigenvalue weighted by molar-refractivity contribution is -0.134. The first kappa shape index (κ1) is 20.7. The molecule has 0 radical (unpaired) electrons. The van der Waals surface area contributed by atoms with Gasteiger partial charge >= 0.3 is 5.97 Å². The van der Waals surface area contributed by atoms with Crippen molar-refractivity contribution in [3.63, 3.8) is 0 Å². The maximum Gasteiger partial charge on any atom is 0.311 e. The van der Waals surface area contributed by atoms with E-state index >= 15 is 0 Å². The van der Waals surface area contributed by atoms with Crippen LogP contribution in [0.4, 0.5) is 0 Å². The van der Waals surface area contributed by atoms with Crippen molar-refractivity contribution in [3.05, 3.63) is 42.0 Å². The van der Waals surface area contributed by atoms with Gasteiger partial charge in [-0.2, -0.15) is 0 Å². The molecule has 144 valence electrons. The fourth-order valence-electron chi connectivity index (χ4n) is 4.05. The lowest BCUT2D eigenvalue weighted by Crippen LogP contribution is -2.15. The van der Waals surface area contributed by atoms with Gasteiger partial charge in [-0.15, -0.1) is 0 Å². The Bertz CT molecular complexity index is 547. The molecule has 2 rings (SSSR count). The highest BCUT2D eigenvalue weighted by Gasteiger charge is 2.21. The van der Waals surface area contributed by atoms with E-state index in [2.05, 4.69) is 19.9 Å². The molecule has 1 aromatic carbocycles. The van der Waals surface area contributed by atoms with Crippen molar-refractivity contribution in [3.8, 4) is 5.75 Å². The van der Waals surface area contributed by atoms with Gasteiger partial charge in [-0.1, -0.05) is 75.8 Å². The van der Waals surface area contributed by atoms with Crippen LogP contribution in [-0.4, -0.2) is 5.97 Å². The standard InChI is InChI=1S/C24H36O2/c1-3-5-7-11-20-14-16-22(17-15-20)21(10-4-2)18-19-24(25)26-23-12-8-6-9-13-23/h6,8-9,12-13,16,20-21H,3-5,7,10-11,14-15,17-19H2,1-2H3. The van der Waals surface area contributed by atoms with E-state index in [0.717, 1.165) is 12.3 Å². The maximum atomic E-state index is 12.2. The maximum absolute atomic E-state index is 12.2. The molecule has 0 saturated carbocycles. The molecule has 0 fully saturated rings. The van der Waals surface area contributed by atoms with Crippen molar-refractivity contribution in [2.45, 2.75) is 84.5 Å². The monoisotopic (exact) mass is 356 g/mol. The van der Waals surface area contributed by atoms with Crippen molar-refractivity contribution in [1.82, 2.24) is 0 Å². The van der Waals surface area contributed by atoms with E-state index in [1.54, 1.807) is 5.57 Å². The Labute approximate surface area is 160 Å². The number of ether oxygens (including phenoxy) is 1. The molecule has 2 unspecified atom stereocenters. The minimum absolute atomic E-state index is 0.105. The van der Waals surface area contributed by atoms with Gasteiger partial charge in [0.15, 0.2) is 0 Å². The zero-order chi connectivity index (χ0) is 18.6. The van der Waals surface area contributed by atoms with E-state index < -0.39 is 0 Å². The molecule has 1 aromatic rings. The fourth-order valence-corrected chi connectivity index (χ4v) is 4.05. The van der Waals surface area contributed by atoms with Gasteiger partial charge in [0.2, 0.25) is 0 Å². The molecule has 0 bridgehead atoms. The summed E-state index contributed by atoms with van der Waals surface area (Å²) in [4.78, 5) is 12.2. The largest absolute Gasteiger partial charge is 0.427 e. The van der Waals surface area contributed by atoms with Gasteiger partial charge in [-0.05, 0) is 56.1 Å². The molecule has 0 aromatic heterocycles. The molecule has 26 heavy (non-hydrogen) atoms. The minimum Gasteiger partial charge on any atom is -0.427 e. The molecule has 1 aliphatic carbocycles. The minimum atomic E-state index is -0.105. The van der Waals surface area contributed by atoms with Crippen molar-refractivity contribution in [1.29, 1.82) is 0 Å². The van der Waals surface area contributed by atoms with Crippen LogP contribution in [0.15, 0.2) is 42.0 Å². The first-order valence-electron chi connectivity index (χ1n) is 10.7. The first-order valence-corrected chi connectivity index (χ1v) is 10.7. The Morgan fingerprint density at radius 1 is 1.12 bits per heavy atom. The van der Waals surface area contributed by atoms with E-state index in [4.69, 9.17) is 4.74 Å². The summed E-state index contributed by atoms with van der Waals surface area (Å²) in [5.41, 5.74) is 1.60. The Balaban J connectivity index is 1.79. The number of carbonyl (C=O) groups excluding carboxylic acids is 1. The third kappa shape index (κ3) is 7.35. The Morgan fingerprint density at radius 3 is 2.58 bits per heavy atom. The van der Waals surface area contributed by atoms with E-state index in [1.165, 1.54) is 57.8 Å². The fraction of sp³-hybridized carbons (Fsp3) is 0.625.